The van der Waals surface area contributed by atoms with E-state index in [9.17, 15) is 0 Å². The first kappa shape index (κ1) is 12.8. The van der Waals surface area contributed by atoms with Crippen molar-refractivity contribution in [3.8, 4) is 0 Å². The third-order valence-electron chi connectivity index (χ3n) is 2.86. The Morgan fingerprint density at radius 1 is 1.22 bits per heavy atom. The zero-order valence-corrected chi connectivity index (χ0v) is 11.4. The lowest BCUT2D eigenvalue weighted by Gasteiger charge is -2.19. The normalized spacial score (nSPS) is 10.4. The quantitative estimate of drug-likeness (QED) is 0.792. The van der Waals surface area contributed by atoms with E-state index >= 15 is 0 Å². The Morgan fingerprint density at radius 2 is 1.94 bits per heavy atom. The molecule has 18 heavy (non-hydrogen) atoms. The van der Waals surface area contributed by atoms with Crippen LogP contribution in [0.5, 0.6) is 0 Å². The molecule has 94 valence electrons. The fraction of sp³-hybridized carbons (Fsp3) is 0.286. The summed E-state index contributed by atoms with van der Waals surface area (Å²) in [7, 11) is 2.02. The van der Waals surface area contributed by atoms with Gasteiger partial charge < -0.3 is 4.90 Å². The molecule has 0 bridgehead atoms. The molecule has 1 heterocycles. The number of rotatable bonds is 4. The number of likely N-dealkylation sites (N-methyl/N-ethyl adjacent to an activating group) is 1. The summed E-state index contributed by atoms with van der Waals surface area (Å²) in [6, 6.07) is 10.4. The Bertz CT molecular complexity index is 514. The molecule has 3 nitrogen and oxygen atoms in total. The summed E-state index contributed by atoms with van der Waals surface area (Å²) < 4.78 is 0. The van der Waals surface area contributed by atoms with Crippen molar-refractivity contribution in [3.63, 3.8) is 0 Å². The van der Waals surface area contributed by atoms with Gasteiger partial charge in [0.1, 0.15) is 5.82 Å². The molecule has 1 aromatic heterocycles. The first-order valence-corrected chi connectivity index (χ1v) is 6.29. The summed E-state index contributed by atoms with van der Waals surface area (Å²) in [5.74, 6) is 0.894. The Hall–Kier alpha value is -1.61. The number of benzene rings is 1. The first-order chi connectivity index (χ1) is 8.66. The highest BCUT2D eigenvalue weighted by Gasteiger charge is 2.07. The van der Waals surface area contributed by atoms with Gasteiger partial charge in [-0.25, -0.2) is 9.97 Å². The molecule has 0 aliphatic rings. The predicted molar refractivity (Wildman–Crippen MR) is 75.2 cm³/mol. The minimum absolute atomic E-state index is 0.294. The third-order valence-corrected chi connectivity index (χ3v) is 3.04. The van der Waals surface area contributed by atoms with Crippen LogP contribution in [0.3, 0.4) is 0 Å². The molecule has 0 spiro atoms. The molecule has 4 heteroatoms. The average Bonchev–Trinajstić information content (AvgIpc) is 2.40. The largest absolute Gasteiger partial charge is 0.359 e. The number of aryl methyl sites for hydroxylation is 1. The lowest BCUT2D eigenvalue weighted by atomic mass is 10.1. The van der Waals surface area contributed by atoms with Gasteiger partial charge >= 0.3 is 0 Å². The molecule has 0 aliphatic carbocycles. The van der Waals surface area contributed by atoms with E-state index in [0.29, 0.717) is 5.28 Å². The van der Waals surface area contributed by atoms with Gasteiger partial charge in [0.15, 0.2) is 0 Å². The topological polar surface area (TPSA) is 29.0 Å². The number of halogens is 1. The van der Waals surface area contributed by atoms with Crippen LogP contribution in [-0.2, 0) is 6.42 Å². The van der Waals surface area contributed by atoms with E-state index in [-0.39, 0.29) is 0 Å². The first-order valence-electron chi connectivity index (χ1n) is 5.91. The Morgan fingerprint density at radius 3 is 2.67 bits per heavy atom. The van der Waals surface area contributed by atoms with Crippen molar-refractivity contribution in [2.75, 3.05) is 18.5 Å². The van der Waals surface area contributed by atoms with Crippen LogP contribution >= 0.6 is 11.6 Å². The van der Waals surface area contributed by atoms with Crippen LogP contribution in [0.25, 0.3) is 0 Å². The molecule has 0 aliphatic heterocycles. The maximum Gasteiger partial charge on any atom is 0.224 e. The Balaban J connectivity index is 2.03. The van der Waals surface area contributed by atoms with Crippen LogP contribution < -0.4 is 4.90 Å². The highest BCUT2D eigenvalue weighted by atomic mass is 35.5. The van der Waals surface area contributed by atoms with Crippen LogP contribution in [0.4, 0.5) is 5.82 Å². The predicted octanol–water partition coefficient (Wildman–Crippen LogP) is 3.12. The standard InChI is InChI=1S/C14H16ClN3/c1-11-10-16-14(15)17-13(11)18(2)9-8-12-6-4-3-5-7-12/h3-7,10H,8-9H2,1-2H3. The number of anilines is 1. The van der Waals surface area contributed by atoms with E-state index in [1.807, 2.05) is 20.0 Å². The number of hydrogen-bond donors (Lipinski definition) is 0. The number of nitrogens with zero attached hydrogens (tertiary/aromatic N) is 3. The van der Waals surface area contributed by atoms with Gasteiger partial charge in [0.25, 0.3) is 0 Å². The van der Waals surface area contributed by atoms with Crippen molar-refractivity contribution in [3.05, 3.63) is 52.9 Å². The second-order valence-electron chi connectivity index (χ2n) is 4.30. The van der Waals surface area contributed by atoms with Crippen molar-refractivity contribution in [2.45, 2.75) is 13.3 Å². The smallest absolute Gasteiger partial charge is 0.224 e. The number of hydrogen-bond acceptors (Lipinski definition) is 3. The average molecular weight is 262 g/mol. The molecule has 0 fully saturated rings. The number of aromatic nitrogens is 2. The highest BCUT2D eigenvalue weighted by Crippen LogP contribution is 2.17. The zero-order chi connectivity index (χ0) is 13.0. The van der Waals surface area contributed by atoms with Gasteiger partial charge in [-0.1, -0.05) is 30.3 Å². The van der Waals surface area contributed by atoms with Gasteiger partial charge in [0, 0.05) is 25.4 Å². The van der Waals surface area contributed by atoms with Gasteiger partial charge in [-0.15, -0.1) is 0 Å². The summed E-state index contributed by atoms with van der Waals surface area (Å²) in [6.45, 7) is 2.89. The summed E-state index contributed by atoms with van der Waals surface area (Å²) in [6.07, 6.45) is 2.74. The van der Waals surface area contributed by atoms with E-state index in [1.165, 1.54) is 5.56 Å². The van der Waals surface area contributed by atoms with Crippen LogP contribution in [0.2, 0.25) is 5.28 Å². The van der Waals surface area contributed by atoms with Crippen molar-refractivity contribution in [1.82, 2.24) is 9.97 Å². The lowest BCUT2D eigenvalue weighted by Crippen LogP contribution is -2.22. The zero-order valence-electron chi connectivity index (χ0n) is 10.6. The maximum absolute atomic E-state index is 5.83. The molecule has 0 unspecified atom stereocenters. The Kier molecular flexibility index (Phi) is 4.15. The van der Waals surface area contributed by atoms with Crippen molar-refractivity contribution in [2.24, 2.45) is 0 Å². The molecule has 2 rings (SSSR count). The summed E-state index contributed by atoms with van der Waals surface area (Å²) in [4.78, 5) is 10.3. The summed E-state index contributed by atoms with van der Waals surface area (Å²) in [5, 5.41) is 0.294. The second-order valence-corrected chi connectivity index (χ2v) is 4.64. The Labute approximate surface area is 112 Å². The van der Waals surface area contributed by atoms with Gasteiger partial charge in [0.2, 0.25) is 5.28 Å². The third kappa shape index (κ3) is 3.20. The van der Waals surface area contributed by atoms with Crippen LogP contribution in [0, 0.1) is 6.92 Å². The molecule has 0 saturated carbocycles. The molecule has 2 aromatic rings. The highest BCUT2D eigenvalue weighted by molar-refractivity contribution is 6.28. The summed E-state index contributed by atoms with van der Waals surface area (Å²) in [5.41, 5.74) is 2.36. The molecule has 0 N–H and O–H groups in total. The molecular weight excluding hydrogens is 246 g/mol. The SMILES string of the molecule is Cc1cnc(Cl)nc1N(C)CCc1ccccc1. The maximum atomic E-state index is 5.83. The van der Waals surface area contributed by atoms with E-state index < -0.39 is 0 Å². The second kappa shape index (κ2) is 5.83. The van der Waals surface area contributed by atoms with Gasteiger partial charge in [0.05, 0.1) is 0 Å². The molecule has 1 aromatic carbocycles. The van der Waals surface area contributed by atoms with E-state index in [4.69, 9.17) is 11.6 Å². The van der Waals surface area contributed by atoms with Gasteiger partial charge in [-0.05, 0) is 30.5 Å². The molecule has 0 amide bonds. The summed E-state index contributed by atoms with van der Waals surface area (Å²) >= 11 is 5.83. The van der Waals surface area contributed by atoms with Crippen molar-refractivity contribution in [1.29, 1.82) is 0 Å². The van der Waals surface area contributed by atoms with Gasteiger partial charge in [-0.3, -0.25) is 0 Å². The van der Waals surface area contributed by atoms with E-state index in [2.05, 4.69) is 39.1 Å². The van der Waals surface area contributed by atoms with Gasteiger partial charge in [-0.2, -0.15) is 0 Å². The lowest BCUT2D eigenvalue weighted by molar-refractivity contribution is 0.850. The minimum Gasteiger partial charge on any atom is -0.359 e. The van der Waals surface area contributed by atoms with Crippen molar-refractivity contribution < 1.29 is 0 Å². The fourth-order valence-corrected chi connectivity index (χ4v) is 1.97. The molecule has 0 atom stereocenters. The van der Waals surface area contributed by atoms with E-state index in [0.717, 1.165) is 24.3 Å². The van der Waals surface area contributed by atoms with Crippen LogP contribution in [0.15, 0.2) is 36.5 Å². The molecule has 0 radical (unpaired) electrons. The monoisotopic (exact) mass is 261 g/mol. The van der Waals surface area contributed by atoms with Crippen LogP contribution in [0.1, 0.15) is 11.1 Å². The minimum atomic E-state index is 0.294. The molecular formula is C14H16ClN3. The molecule has 0 saturated heterocycles. The van der Waals surface area contributed by atoms with E-state index in [1.54, 1.807) is 6.20 Å². The fourth-order valence-electron chi connectivity index (χ4n) is 1.85. The van der Waals surface area contributed by atoms with Crippen LogP contribution in [-0.4, -0.2) is 23.6 Å². The van der Waals surface area contributed by atoms with Crippen molar-refractivity contribution >= 4 is 17.4 Å².